The van der Waals surface area contributed by atoms with Crippen LogP contribution in [0, 0.1) is 28.6 Å². The number of esters is 1. The Balaban J connectivity index is 1.16. The molecule has 8 atom stereocenters. The first kappa shape index (κ1) is 32.0. The van der Waals surface area contributed by atoms with E-state index in [-0.39, 0.29) is 61.1 Å². The van der Waals surface area contributed by atoms with Crippen molar-refractivity contribution in [1.82, 2.24) is 5.32 Å². The summed E-state index contributed by atoms with van der Waals surface area (Å²) in [4.78, 5) is 62.1. The largest absolute Gasteiger partial charge is 0.480 e. The lowest BCUT2D eigenvalue weighted by Gasteiger charge is -2.60. The molecule has 0 radical (unpaired) electrons. The molecule has 0 spiro atoms. The van der Waals surface area contributed by atoms with Crippen molar-refractivity contribution in [2.24, 2.45) is 28.6 Å². The maximum atomic E-state index is 13.5. The number of hydrogen-bond acceptors (Lipinski definition) is 8. The molecule has 0 aromatic heterocycles. The number of amides is 1. The number of carbonyl (C=O) groups excluding carboxylic acids is 4. The number of Topliss-reactive ketones (excluding diaryl/α,β-unsaturated/α-hetero) is 1. The Kier molecular flexibility index (Phi) is 8.88. The third-order valence-electron chi connectivity index (χ3n) is 11.3. The van der Waals surface area contributed by atoms with E-state index in [1.165, 1.54) is 0 Å². The predicted octanol–water partition coefficient (Wildman–Crippen LogP) is 2.92. The molecule has 0 heterocycles. The molecule has 1 aromatic rings. The quantitative estimate of drug-likeness (QED) is 0.292. The minimum Gasteiger partial charge on any atom is -0.480 e. The molecule has 1 amide bonds. The Bertz CT molecular complexity index is 1360. The number of carboxylic acids is 1. The van der Waals surface area contributed by atoms with E-state index in [1.807, 2.05) is 6.92 Å². The molecule has 0 aliphatic heterocycles. The molecular formula is C34H43NO9. The fraction of sp³-hybridized carbons (Fsp3) is 0.618. The van der Waals surface area contributed by atoms with E-state index in [4.69, 9.17) is 4.74 Å². The van der Waals surface area contributed by atoms with E-state index in [0.717, 1.165) is 24.0 Å². The maximum absolute atomic E-state index is 13.5. The maximum Gasteiger partial charge on any atom is 0.326 e. The number of aliphatic carboxylic acids is 1. The van der Waals surface area contributed by atoms with E-state index < -0.39 is 53.4 Å². The second-order valence-corrected chi connectivity index (χ2v) is 13.7. The van der Waals surface area contributed by atoms with Gasteiger partial charge < -0.3 is 25.4 Å². The Morgan fingerprint density at radius 1 is 1.05 bits per heavy atom. The summed E-state index contributed by atoms with van der Waals surface area (Å²) in [6.45, 7) is 3.35. The number of carbonyl (C=O) groups is 5. The standard InChI is InChI=1S/C34H43NO9/c1-32-14-12-22(36)17-21(32)8-9-23-24-13-15-34(43,33(24,2)18-26(37)30(23)32)27(38)19-44-29(40)11-10-28(39)35-25(31(41)42)16-20-6-4-3-5-7-20/h3-7,17,23-26,30,37,43H,8-16,18-19H2,1-2H3,(H,35,39)(H,41,42)/t23?,24?,25?,26?,30?,32-,33-,34-/m0/s1. The van der Waals surface area contributed by atoms with Crippen LogP contribution in [-0.4, -0.2) is 69.1 Å². The van der Waals surface area contributed by atoms with Gasteiger partial charge in [0.05, 0.1) is 12.5 Å². The van der Waals surface area contributed by atoms with Gasteiger partial charge in [-0.25, -0.2) is 4.79 Å². The number of nitrogens with one attached hydrogen (secondary N) is 1. The Labute approximate surface area is 257 Å². The zero-order chi connectivity index (χ0) is 31.9. The van der Waals surface area contributed by atoms with Crippen LogP contribution in [0.4, 0.5) is 0 Å². The molecule has 44 heavy (non-hydrogen) atoms. The summed E-state index contributed by atoms with van der Waals surface area (Å²) in [5.74, 6) is -3.07. The smallest absolute Gasteiger partial charge is 0.326 e. The molecule has 10 heteroatoms. The van der Waals surface area contributed by atoms with E-state index >= 15 is 0 Å². The van der Waals surface area contributed by atoms with Crippen molar-refractivity contribution in [3.63, 3.8) is 0 Å². The molecule has 3 fully saturated rings. The van der Waals surface area contributed by atoms with Gasteiger partial charge in [0.2, 0.25) is 11.7 Å². The number of ketones is 2. The summed E-state index contributed by atoms with van der Waals surface area (Å²) < 4.78 is 5.19. The highest BCUT2D eigenvalue weighted by molar-refractivity contribution is 5.92. The van der Waals surface area contributed by atoms with E-state index in [2.05, 4.69) is 12.2 Å². The third-order valence-corrected chi connectivity index (χ3v) is 11.3. The van der Waals surface area contributed by atoms with Gasteiger partial charge in [-0.3, -0.25) is 19.2 Å². The highest BCUT2D eigenvalue weighted by Gasteiger charge is 2.68. The second kappa shape index (κ2) is 12.2. The van der Waals surface area contributed by atoms with Crippen LogP contribution in [0.1, 0.15) is 77.2 Å². The fourth-order valence-electron chi connectivity index (χ4n) is 9.02. The molecule has 4 N–H and O–H groups in total. The summed E-state index contributed by atoms with van der Waals surface area (Å²) in [7, 11) is 0. The summed E-state index contributed by atoms with van der Waals surface area (Å²) in [5, 5.41) is 35.3. The number of ether oxygens (including phenoxy) is 1. The normalized spacial score (nSPS) is 34.9. The lowest BCUT2D eigenvalue weighted by Crippen LogP contribution is -2.62. The monoisotopic (exact) mass is 609 g/mol. The van der Waals surface area contributed by atoms with Crippen LogP contribution in [0.2, 0.25) is 0 Å². The van der Waals surface area contributed by atoms with Crippen LogP contribution in [0.3, 0.4) is 0 Å². The number of allylic oxidation sites excluding steroid dienone is 1. The van der Waals surface area contributed by atoms with Gasteiger partial charge in [-0.1, -0.05) is 49.8 Å². The highest BCUT2D eigenvalue weighted by Crippen LogP contribution is 2.67. The number of benzene rings is 1. The lowest BCUT2D eigenvalue weighted by molar-refractivity contribution is -0.184. The number of rotatable bonds is 10. The van der Waals surface area contributed by atoms with Crippen molar-refractivity contribution in [3.8, 4) is 0 Å². The van der Waals surface area contributed by atoms with Crippen LogP contribution < -0.4 is 5.32 Å². The highest BCUT2D eigenvalue weighted by atomic mass is 16.5. The van der Waals surface area contributed by atoms with Crippen LogP contribution in [-0.2, 0) is 35.1 Å². The Morgan fingerprint density at radius 3 is 2.48 bits per heavy atom. The van der Waals surface area contributed by atoms with Gasteiger partial charge in [0.25, 0.3) is 0 Å². The van der Waals surface area contributed by atoms with Crippen molar-refractivity contribution in [1.29, 1.82) is 0 Å². The number of carboxylic acid groups (broad SMARTS) is 1. The number of aliphatic hydroxyl groups is 2. The van der Waals surface area contributed by atoms with Gasteiger partial charge in [-0.15, -0.1) is 0 Å². The molecule has 5 rings (SSSR count). The summed E-state index contributed by atoms with van der Waals surface area (Å²) in [6, 6.07) is 7.70. The molecule has 10 nitrogen and oxygen atoms in total. The Morgan fingerprint density at radius 2 is 1.77 bits per heavy atom. The fourth-order valence-corrected chi connectivity index (χ4v) is 9.02. The summed E-state index contributed by atoms with van der Waals surface area (Å²) in [6.07, 6.45) is 4.20. The van der Waals surface area contributed by atoms with Gasteiger partial charge in [-0.05, 0) is 73.3 Å². The second-order valence-electron chi connectivity index (χ2n) is 13.7. The zero-order valence-corrected chi connectivity index (χ0v) is 25.4. The molecule has 3 saturated carbocycles. The topological polar surface area (TPSA) is 167 Å². The van der Waals surface area contributed by atoms with Crippen molar-refractivity contribution in [3.05, 3.63) is 47.5 Å². The first-order valence-electron chi connectivity index (χ1n) is 15.7. The SMILES string of the molecule is C[C@]12CCC(=O)C=C1CCC1C2C(O)C[C@@]2(C)C1CC[C@]2(O)C(=O)COC(=O)CCC(=O)NC(Cc1ccccc1)C(=O)O. The van der Waals surface area contributed by atoms with Crippen molar-refractivity contribution < 1.29 is 44.0 Å². The van der Waals surface area contributed by atoms with Crippen LogP contribution in [0.25, 0.3) is 0 Å². The molecular weight excluding hydrogens is 566 g/mol. The summed E-state index contributed by atoms with van der Waals surface area (Å²) in [5.41, 5.74) is -1.10. The van der Waals surface area contributed by atoms with Crippen LogP contribution in [0.15, 0.2) is 42.0 Å². The predicted molar refractivity (Wildman–Crippen MR) is 158 cm³/mol. The van der Waals surface area contributed by atoms with E-state index in [1.54, 1.807) is 36.4 Å². The zero-order valence-electron chi connectivity index (χ0n) is 25.4. The molecule has 5 unspecified atom stereocenters. The third kappa shape index (κ3) is 5.74. The van der Waals surface area contributed by atoms with E-state index in [9.17, 15) is 39.3 Å². The number of fused-ring (bicyclic) bond motifs is 5. The number of aliphatic hydroxyl groups excluding tert-OH is 1. The molecule has 4 aliphatic rings. The molecule has 0 saturated heterocycles. The minimum absolute atomic E-state index is 0.00156. The van der Waals surface area contributed by atoms with Gasteiger partial charge in [0, 0.05) is 24.7 Å². The van der Waals surface area contributed by atoms with Crippen LogP contribution in [0.5, 0.6) is 0 Å². The molecule has 0 bridgehead atoms. The number of hydrogen-bond donors (Lipinski definition) is 4. The molecule has 1 aromatic carbocycles. The van der Waals surface area contributed by atoms with Gasteiger partial charge in [0.1, 0.15) is 11.6 Å². The van der Waals surface area contributed by atoms with Crippen molar-refractivity contribution in [2.75, 3.05) is 6.61 Å². The van der Waals surface area contributed by atoms with Crippen LogP contribution >= 0.6 is 0 Å². The summed E-state index contributed by atoms with van der Waals surface area (Å²) >= 11 is 0. The average molecular weight is 610 g/mol. The van der Waals surface area contributed by atoms with Gasteiger partial charge in [-0.2, -0.15) is 0 Å². The lowest BCUT2D eigenvalue weighted by atomic mass is 9.45. The minimum atomic E-state index is -1.77. The van der Waals surface area contributed by atoms with Gasteiger partial charge >= 0.3 is 11.9 Å². The first-order valence-corrected chi connectivity index (χ1v) is 15.7. The van der Waals surface area contributed by atoms with E-state index in [0.29, 0.717) is 19.3 Å². The molecule has 238 valence electrons. The van der Waals surface area contributed by atoms with Gasteiger partial charge in [0.15, 0.2) is 12.4 Å². The first-order chi connectivity index (χ1) is 20.8. The van der Waals surface area contributed by atoms with Crippen molar-refractivity contribution in [2.45, 2.75) is 95.8 Å². The molecule has 4 aliphatic carbocycles. The average Bonchev–Trinajstić information content (AvgIpc) is 3.25. The van der Waals surface area contributed by atoms with Crippen molar-refractivity contribution >= 4 is 29.4 Å². The Hall–Kier alpha value is -3.37.